The van der Waals surface area contributed by atoms with Crippen LogP contribution in [0.1, 0.15) is 36.3 Å². The second-order valence-electron chi connectivity index (χ2n) is 7.89. The Kier molecular flexibility index (Phi) is 5.61. The van der Waals surface area contributed by atoms with Gasteiger partial charge in [0.05, 0.1) is 30.6 Å². The number of benzene rings is 1. The Bertz CT molecular complexity index is 1050. The first-order chi connectivity index (χ1) is 15.3. The van der Waals surface area contributed by atoms with Crippen molar-refractivity contribution in [2.75, 3.05) is 18.6 Å². The van der Waals surface area contributed by atoms with Gasteiger partial charge in [0.15, 0.2) is 5.11 Å². The number of aromatic nitrogens is 2. The minimum absolute atomic E-state index is 0.0740. The average Bonchev–Trinajstić information content (AvgIpc) is 3.55. The van der Waals surface area contributed by atoms with Crippen molar-refractivity contribution in [1.29, 1.82) is 0 Å². The summed E-state index contributed by atoms with van der Waals surface area (Å²) in [5, 5.41) is 4.19. The second kappa shape index (κ2) is 8.69. The summed E-state index contributed by atoms with van der Waals surface area (Å²) < 4.78 is 13.9. The van der Waals surface area contributed by atoms with Gasteiger partial charge in [-0.1, -0.05) is 18.2 Å². The number of para-hydroxylation sites is 2. The summed E-state index contributed by atoms with van der Waals surface area (Å²) in [5.74, 6) is 0.788. The lowest BCUT2D eigenvalue weighted by Crippen LogP contribution is -2.31. The van der Waals surface area contributed by atoms with Crippen LogP contribution in [0.2, 0.25) is 0 Å². The number of hydrogen-bond acceptors (Lipinski definition) is 4. The zero-order valence-corrected chi connectivity index (χ0v) is 18.3. The normalized spacial score (nSPS) is 23.2. The number of hydrogen-bond donors (Lipinski definition) is 1. The van der Waals surface area contributed by atoms with E-state index in [1.165, 1.54) is 5.69 Å². The van der Waals surface area contributed by atoms with Crippen LogP contribution in [0.3, 0.4) is 0 Å². The summed E-state index contributed by atoms with van der Waals surface area (Å²) in [6, 6.07) is 18.1. The van der Waals surface area contributed by atoms with E-state index < -0.39 is 0 Å². The van der Waals surface area contributed by atoms with Crippen LogP contribution in [0.5, 0.6) is 5.75 Å². The highest BCUT2D eigenvalue weighted by molar-refractivity contribution is 7.80. The first-order valence-electron chi connectivity index (χ1n) is 10.7. The van der Waals surface area contributed by atoms with E-state index in [0.29, 0.717) is 5.11 Å². The van der Waals surface area contributed by atoms with Gasteiger partial charge >= 0.3 is 0 Å². The Morgan fingerprint density at radius 3 is 2.81 bits per heavy atom. The smallest absolute Gasteiger partial charge is 0.174 e. The Morgan fingerprint density at radius 1 is 1.16 bits per heavy atom. The lowest BCUT2D eigenvalue weighted by Gasteiger charge is -2.30. The van der Waals surface area contributed by atoms with E-state index in [2.05, 4.69) is 38.1 Å². The standard InChI is InChI=1S/C24H26N4O2S/c1-29-21-12-3-2-10-19(21)28-23(22(26-24(28)31)18-9-4-5-13-25-18)20-11-6-14-27(20)16-17-8-7-15-30-17/h2-6,9-14,17,22-23H,7-8,15-16H2,1H3,(H,26,31)/t17-,22+,23+/m0/s1. The maximum Gasteiger partial charge on any atom is 0.174 e. The molecule has 5 rings (SSSR count). The summed E-state index contributed by atoms with van der Waals surface area (Å²) >= 11 is 5.84. The van der Waals surface area contributed by atoms with Crippen molar-refractivity contribution >= 4 is 23.0 Å². The number of rotatable bonds is 6. The van der Waals surface area contributed by atoms with Crippen molar-refractivity contribution in [1.82, 2.24) is 14.9 Å². The van der Waals surface area contributed by atoms with Crippen LogP contribution in [0.4, 0.5) is 5.69 Å². The van der Waals surface area contributed by atoms with Crippen molar-refractivity contribution < 1.29 is 9.47 Å². The molecule has 2 fully saturated rings. The zero-order chi connectivity index (χ0) is 21.2. The highest BCUT2D eigenvalue weighted by Gasteiger charge is 2.43. The van der Waals surface area contributed by atoms with Gasteiger partial charge in [-0.15, -0.1) is 0 Å². The minimum Gasteiger partial charge on any atom is -0.495 e. The van der Waals surface area contributed by atoms with Gasteiger partial charge in [-0.05, 0) is 61.5 Å². The second-order valence-corrected chi connectivity index (χ2v) is 8.28. The molecule has 2 aromatic heterocycles. The molecule has 0 saturated carbocycles. The van der Waals surface area contributed by atoms with Crippen LogP contribution in [-0.4, -0.2) is 34.5 Å². The van der Waals surface area contributed by atoms with Crippen LogP contribution >= 0.6 is 12.2 Å². The number of anilines is 1. The lowest BCUT2D eigenvalue weighted by atomic mass is 10.0. The van der Waals surface area contributed by atoms with E-state index in [1.54, 1.807) is 7.11 Å². The quantitative estimate of drug-likeness (QED) is 0.586. The van der Waals surface area contributed by atoms with Gasteiger partial charge in [0.2, 0.25) is 0 Å². The fourth-order valence-corrected chi connectivity index (χ4v) is 4.95. The third-order valence-corrected chi connectivity index (χ3v) is 6.35. The number of methoxy groups -OCH3 is 1. The van der Waals surface area contributed by atoms with Gasteiger partial charge in [0, 0.05) is 31.2 Å². The molecule has 0 aliphatic carbocycles. The summed E-state index contributed by atoms with van der Waals surface area (Å²) in [6.45, 7) is 1.68. The molecule has 1 N–H and O–H groups in total. The lowest BCUT2D eigenvalue weighted by molar-refractivity contribution is 0.0961. The Hall–Kier alpha value is -2.90. The molecule has 1 aromatic carbocycles. The van der Waals surface area contributed by atoms with Gasteiger partial charge < -0.3 is 24.3 Å². The predicted molar refractivity (Wildman–Crippen MR) is 124 cm³/mol. The van der Waals surface area contributed by atoms with Crippen molar-refractivity contribution in [3.8, 4) is 5.75 Å². The van der Waals surface area contributed by atoms with E-state index in [-0.39, 0.29) is 18.2 Å². The summed E-state index contributed by atoms with van der Waals surface area (Å²) in [5.41, 5.74) is 3.07. The van der Waals surface area contributed by atoms with Crippen molar-refractivity contribution in [3.63, 3.8) is 0 Å². The maximum atomic E-state index is 5.92. The third kappa shape index (κ3) is 3.79. The molecule has 2 aliphatic rings. The molecule has 3 aromatic rings. The van der Waals surface area contributed by atoms with E-state index in [9.17, 15) is 0 Å². The Morgan fingerprint density at radius 2 is 2.03 bits per heavy atom. The van der Waals surface area contributed by atoms with E-state index in [4.69, 9.17) is 21.7 Å². The Labute approximate surface area is 187 Å². The fourth-order valence-electron chi connectivity index (χ4n) is 4.61. The molecule has 6 nitrogen and oxygen atoms in total. The third-order valence-electron chi connectivity index (χ3n) is 6.03. The molecule has 7 heteroatoms. The summed E-state index contributed by atoms with van der Waals surface area (Å²) in [4.78, 5) is 6.81. The molecule has 160 valence electrons. The van der Waals surface area contributed by atoms with Gasteiger partial charge in [-0.3, -0.25) is 4.98 Å². The van der Waals surface area contributed by atoms with Gasteiger partial charge in [-0.25, -0.2) is 0 Å². The van der Waals surface area contributed by atoms with Gasteiger partial charge in [-0.2, -0.15) is 0 Å². The average molecular weight is 435 g/mol. The van der Waals surface area contributed by atoms with Gasteiger partial charge in [0.1, 0.15) is 11.8 Å². The molecule has 31 heavy (non-hydrogen) atoms. The molecule has 4 heterocycles. The van der Waals surface area contributed by atoms with E-state index in [1.807, 2.05) is 48.7 Å². The van der Waals surface area contributed by atoms with Gasteiger partial charge in [0.25, 0.3) is 0 Å². The highest BCUT2D eigenvalue weighted by Crippen LogP contribution is 2.44. The Balaban J connectivity index is 1.60. The molecule has 3 atom stereocenters. The number of nitrogens with zero attached hydrogens (tertiary/aromatic N) is 3. The summed E-state index contributed by atoms with van der Waals surface area (Å²) in [6.07, 6.45) is 6.43. The van der Waals surface area contributed by atoms with E-state index >= 15 is 0 Å². The minimum atomic E-state index is -0.0863. The number of ether oxygens (including phenoxy) is 2. The molecule has 0 amide bonds. The van der Waals surface area contributed by atoms with Crippen molar-refractivity contribution in [2.24, 2.45) is 0 Å². The number of thiocarbonyl (C=S) groups is 1. The molecular weight excluding hydrogens is 408 g/mol. The van der Waals surface area contributed by atoms with Crippen LogP contribution in [0.15, 0.2) is 67.0 Å². The highest BCUT2D eigenvalue weighted by atomic mass is 32.1. The van der Waals surface area contributed by atoms with Crippen LogP contribution in [-0.2, 0) is 11.3 Å². The first-order valence-corrected chi connectivity index (χ1v) is 11.1. The molecule has 0 bridgehead atoms. The van der Waals surface area contributed by atoms with Crippen molar-refractivity contribution in [2.45, 2.75) is 37.6 Å². The largest absolute Gasteiger partial charge is 0.495 e. The number of nitrogens with one attached hydrogen (secondary N) is 1. The monoisotopic (exact) mass is 434 g/mol. The molecular formula is C24H26N4O2S. The number of pyridine rings is 1. The van der Waals surface area contributed by atoms with E-state index in [0.717, 1.165) is 43.1 Å². The topological polar surface area (TPSA) is 51.5 Å². The molecule has 2 saturated heterocycles. The van der Waals surface area contributed by atoms with Crippen molar-refractivity contribution in [3.05, 3.63) is 78.4 Å². The fraction of sp³-hybridized carbons (Fsp3) is 0.333. The zero-order valence-electron chi connectivity index (χ0n) is 17.5. The van der Waals surface area contributed by atoms with Crippen LogP contribution < -0.4 is 15.0 Å². The predicted octanol–water partition coefficient (Wildman–Crippen LogP) is 4.25. The first kappa shape index (κ1) is 20.0. The SMILES string of the molecule is COc1ccccc1N1C(=S)N[C@H](c2ccccn2)[C@H]1c1cccn1C[C@@H]1CCCO1. The molecule has 0 radical (unpaired) electrons. The molecule has 0 spiro atoms. The van der Waals surface area contributed by atoms with Crippen LogP contribution in [0, 0.1) is 0 Å². The molecule has 0 unspecified atom stereocenters. The molecule has 2 aliphatic heterocycles. The van der Waals surface area contributed by atoms with Crippen LogP contribution in [0.25, 0.3) is 0 Å². The maximum absolute atomic E-state index is 5.92. The summed E-state index contributed by atoms with van der Waals surface area (Å²) in [7, 11) is 1.69.